The monoisotopic (exact) mass is 447 g/mol. The SMILES string of the molecule is CN1CCN(C(=O)[C@H]2CCc3c(sc4ncnc(Nc5ccn6nccc6c5)c34)C2)CC1. The minimum atomic E-state index is 0.0765. The van der Waals surface area contributed by atoms with Crippen LogP contribution in [0.5, 0.6) is 0 Å². The zero-order valence-electron chi connectivity index (χ0n) is 18.0. The average molecular weight is 448 g/mol. The number of pyridine rings is 1. The maximum atomic E-state index is 13.1. The van der Waals surface area contributed by atoms with Crippen LogP contribution in [-0.4, -0.2) is 68.5 Å². The normalized spacial score (nSPS) is 19.4. The lowest BCUT2D eigenvalue weighted by Crippen LogP contribution is -2.49. The summed E-state index contributed by atoms with van der Waals surface area (Å²) in [7, 11) is 2.12. The predicted molar refractivity (Wildman–Crippen MR) is 125 cm³/mol. The molecule has 2 aliphatic rings. The molecule has 1 N–H and O–H groups in total. The second-order valence-electron chi connectivity index (χ2n) is 8.72. The second kappa shape index (κ2) is 7.83. The molecule has 164 valence electrons. The molecular weight excluding hydrogens is 422 g/mol. The number of carbonyl (C=O) groups is 1. The number of aromatic nitrogens is 4. The van der Waals surface area contributed by atoms with Gasteiger partial charge in [-0.1, -0.05) is 0 Å². The van der Waals surface area contributed by atoms with Gasteiger partial charge < -0.3 is 15.1 Å². The first-order valence-electron chi connectivity index (χ1n) is 11.1. The molecule has 0 bridgehead atoms. The van der Waals surface area contributed by atoms with Crippen molar-refractivity contribution in [3.8, 4) is 0 Å². The Morgan fingerprint density at radius 3 is 2.94 bits per heavy atom. The molecule has 0 saturated carbocycles. The summed E-state index contributed by atoms with van der Waals surface area (Å²) in [6.07, 6.45) is 7.94. The van der Waals surface area contributed by atoms with E-state index >= 15 is 0 Å². The van der Waals surface area contributed by atoms with Crippen molar-refractivity contribution in [1.82, 2.24) is 29.4 Å². The summed E-state index contributed by atoms with van der Waals surface area (Å²) < 4.78 is 1.84. The lowest BCUT2D eigenvalue weighted by molar-refractivity contribution is -0.137. The number of rotatable bonds is 3. The Morgan fingerprint density at radius 1 is 1.19 bits per heavy atom. The van der Waals surface area contributed by atoms with Crippen LogP contribution in [0.2, 0.25) is 0 Å². The Labute approximate surface area is 189 Å². The lowest BCUT2D eigenvalue weighted by Gasteiger charge is -2.35. The molecule has 6 rings (SSSR count). The summed E-state index contributed by atoms with van der Waals surface area (Å²) in [6, 6.07) is 6.03. The van der Waals surface area contributed by atoms with Gasteiger partial charge in [-0.25, -0.2) is 14.5 Å². The van der Waals surface area contributed by atoms with Crippen LogP contribution in [0, 0.1) is 5.92 Å². The van der Waals surface area contributed by atoms with Gasteiger partial charge in [-0.3, -0.25) is 4.79 Å². The number of likely N-dealkylation sites (N-methyl/N-ethyl adjacent to an activating group) is 1. The van der Waals surface area contributed by atoms with Crippen LogP contribution in [0.1, 0.15) is 16.9 Å². The Kier molecular flexibility index (Phi) is 4.80. The highest BCUT2D eigenvalue weighted by molar-refractivity contribution is 7.19. The van der Waals surface area contributed by atoms with Crippen LogP contribution < -0.4 is 5.32 Å². The maximum absolute atomic E-state index is 13.1. The molecule has 1 atom stereocenters. The number of hydrogen-bond acceptors (Lipinski definition) is 7. The molecule has 5 heterocycles. The van der Waals surface area contributed by atoms with Gasteiger partial charge in [-0.05, 0) is 50.1 Å². The molecule has 8 nitrogen and oxygen atoms in total. The van der Waals surface area contributed by atoms with Crippen LogP contribution in [-0.2, 0) is 17.6 Å². The third kappa shape index (κ3) is 3.41. The number of aryl methyl sites for hydroxylation is 1. The Bertz CT molecular complexity index is 1300. The number of carbonyl (C=O) groups excluding carboxylic acids is 1. The zero-order chi connectivity index (χ0) is 21.7. The predicted octanol–water partition coefficient (Wildman–Crippen LogP) is 2.96. The van der Waals surface area contributed by atoms with Crippen LogP contribution >= 0.6 is 11.3 Å². The second-order valence-corrected chi connectivity index (χ2v) is 9.80. The molecule has 1 aliphatic heterocycles. The zero-order valence-corrected chi connectivity index (χ0v) is 18.8. The highest BCUT2D eigenvalue weighted by atomic mass is 32.1. The van der Waals surface area contributed by atoms with Gasteiger partial charge >= 0.3 is 0 Å². The fourth-order valence-corrected chi connectivity index (χ4v) is 6.10. The van der Waals surface area contributed by atoms with Crippen molar-refractivity contribution >= 4 is 44.5 Å². The maximum Gasteiger partial charge on any atom is 0.226 e. The summed E-state index contributed by atoms with van der Waals surface area (Å²) in [5.41, 5.74) is 3.30. The first kappa shape index (κ1) is 19.6. The third-order valence-electron chi connectivity index (χ3n) is 6.67. The number of nitrogens with one attached hydrogen (secondary N) is 1. The highest BCUT2D eigenvalue weighted by Crippen LogP contribution is 2.40. The van der Waals surface area contributed by atoms with Gasteiger partial charge in [0.05, 0.1) is 10.9 Å². The lowest BCUT2D eigenvalue weighted by atomic mass is 9.86. The quantitative estimate of drug-likeness (QED) is 0.520. The van der Waals surface area contributed by atoms with E-state index in [1.54, 1.807) is 23.9 Å². The molecule has 4 aromatic rings. The first-order chi connectivity index (χ1) is 15.7. The van der Waals surface area contributed by atoms with Crippen molar-refractivity contribution in [2.45, 2.75) is 19.3 Å². The van der Waals surface area contributed by atoms with Crippen molar-refractivity contribution in [3.63, 3.8) is 0 Å². The molecule has 1 fully saturated rings. The first-order valence-corrected chi connectivity index (χ1v) is 11.9. The van der Waals surface area contributed by atoms with Crippen molar-refractivity contribution in [1.29, 1.82) is 0 Å². The fraction of sp³-hybridized carbons (Fsp3) is 0.391. The van der Waals surface area contributed by atoms with E-state index in [1.807, 2.05) is 22.8 Å². The summed E-state index contributed by atoms with van der Waals surface area (Å²) in [6.45, 7) is 3.60. The van der Waals surface area contributed by atoms with Crippen LogP contribution in [0.25, 0.3) is 15.7 Å². The van der Waals surface area contributed by atoms with E-state index in [4.69, 9.17) is 0 Å². The number of piperazine rings is 1. The summed E-state index contributed by atoms with van der Waals surface area (Å²) in [5, 5.41) is 8.85. The van der Waals surface area contributed by atoms with E-state index in [1.165, 1.54) is 10.4 Å². The minimum absolute atomic E-state index is 0.0765. The highest BCUT2D eigenvalue weighted by Gasteiger charge is 2.32. The van der Waals surface area contributed by atoms with Crippen LogP contribution in [0.4, 0.5) is 11.5 Å². The fourth-order valence-electron chi connectivity index (χ4n) is 4.84. The standard InChI is InChI=1S/C23H25N7OS/c1-28-8-10-29(11-9-28)23(31)15-2-3-18-19(12-15)32-22-20(18)21(24-14-25-22)27-16-5-7-30-17(13-16)4-6-26-30/h4-7,13-15H,2-3,8-12H2,1H3,(H,24,25,27)/t15-/m0/s1. The van der Waals surface area contributed by atoms with E-state index < -0.39 is 0 Å². The van der Waals surface area contributed by atoms with E-state index in [9.17, 15) is 4.79 Å². The van der Waals surface area contributed by atoms with Crippen molar-refractivity contribution < 1.29 is 4.79 Å². The molecule has 0 radical (unpaired) electrons. The number of anilines is 2. The number of nitrogens with zero attached hydrogens (tertiary/aromatic N) is 6. The average Bonchev–Trinajstić information content (AvgIpc) is 3.43. The van der Waals surface area contributed by atoms with Crippen molar-refractivity contribution in [2.24, 2.45) is 5.92 Å². The van der Waals surface area contributed by atoms with Crippen molar-refractivity contribution in [2.75, 3.05) is 38.5 Å². The Morgan fingerprint density at radius 2 is 2.06 bits per heavy atom. The Balaban J connectivity index is 1.27. The molecule has 1 aliphatic carbocycles. The minimum Gasteiger partial charge on any atom is -0.340 e. The number of thiophene rings is 1. The van der Waals surface area contributed by atoms with E-state index in [0.717, 1.165) is 72.7 Å². The van der Waals surface area contributed by atoms with Gasteiger partial charge in [0.2, 0.25) is 5.91 Å². The van der Waals surface area contributed by atoms with Gasteiger partial charge in [0.25, 0.3) is 0 Å². The van der Waals surface area contributed by atoms with Crippen molar-refractivity contribution in [3.05, 3.63) is 47.4 Å². The molecule has 32 heavy (non-hydrogen) atoms. The Hall–Kier alpha value is -3.04. The largest absolute Gasteiger partial charge is 0.340 e. The van der Waals surface area contributed by atoms with Gasteiger partial charge in [0.15, 0.2) is 0 Å². The van der Waals surface area contributed by atoms with Gasteiger partial charge in [0.1, 0.15) is 17.0 Å². The van der Waals surface area contributed by atoms with Gasteiger partial charge in [0, 0.05) is 55.1 Å². The molecule has 0 spiro atoms. The topological polar surface area (TPSA) is 78.7 Å². The number of fused-ring (bicyclic) bond motifs is 4. The number of amides is 1. The molecule has 1 amide bonds. The number of hydrogen-bond donors (Lipinski definition) is 1. The smallest absolute Gasteiger partial charge is 0.226 e. The van der Waals surface area contributed by atoms with Crippen LogP contribution in [0.3, 0.4) is 0 Å². The van der Waals surface area contributed by atoms with E-state index in [0.29, 0.717) is 5.91 Å². The third-order valence-corrected chi connectivity index (χ3v) is 7.83. The molecule has 9 heteroatoms. The summed E-state index contributed by atoms with van der Waals surface area (Å²) in [5.74, 6) is 1.23. The molecule has 0 aromatic carbocycles. The van der Waals surface area contributed by atoms with E-state index in [-0.39, 0.29) is 5.92 Å². The molecule has 4 aromatic heterocycles. The van der Waals surface area contributed by atoms with Gasteiger partial charge in [-0.2, -0.15) is 5.10 Å². The van der Waals surface area contributed by atoms with Crippen LogP contribution in [0.15, 0.2) is 36.9 Å². The molecule has 0 unspecified atom stereocenters. The molecular formula is C23H25N7OS. The van der Waals surface area contributed by atoms with E-state index in [2.05, 4.69) is 43.3 Å². The summed E-state index contributed by atoms with van der Waals surface area (Å²) in [4.78, 5) is 28.9. The summed E-state index contributed by atoms with van der Waals surface area (Å²) >= 11 is 1.71. The van der Waals surface area contributed by atoms with Gasteiger partial charge in [-0.15, -0.1) is 11.3 Å². The molecule has 1 saturated heterocycles.